The second-order valence-electron chi connectivity index (χ2n) is 12.2. The van der Waals surface area contributed by atoms with E-state index in [4.69, 9.17) is 5.73 Å². The van der Waals surface area contributed by atoms with Gasteiger partial charge in [0, 0.05) is 0 Å². The molecule has 0 spiro atoms. The Labute approximate surface area is 224 Å². The zero-order valence-corrected chi connectivity index (χ0v) is 24.3. The molecule has 0 radical (unpaired) electrons. The van der Waals surface area contributed by atoms with Crippen molar-refractivity contribution in [1.82, 2.24) is 0 Å². The first-order chi connectivity index (χ1) is 16.7. The van der Waals surface area contributed by atoms with E-state index < -0.39 is 0 Å². The lowest BCUT2D eigenvalue weighted by Crippen LogP contribution is -2.05. The minimum absolute atomic E-state index is 0. The molecule has 0 bridgehead atoms. The van der Waals surface area contributed by atoms with Crippen LogP contribution in [0.4, 0.5) is 0 Å². The van der Waals surface area contributed by atoms with Crippen LogP contribution in [0.3, 0.4) is 0 Å². The molecule has 212 valence electrons. The zero-order chi connectivity index (χ0) is 24.7. The normalized spacial score (nSPS) is 21.6. The molecular weight excluding hydrogens is 422 g/mol. The van der Waals surface area contributed by atoms with Gasteiger partial charge < -0.3 is 5.73 Å². The second kappa shape index (κ2) is 25.6. The van der Waals surface area contributed by atoms with E-state index in [0.717, 1.165) is 30.2 Å². The largest absolute Gasteiger partial charge is 0.330 e. The summed E-state index contributed by atoms with van der Waals surface area (Å²) in [5, 5.41) is 0. The minimum Gasteiger partial charge on any atom is -0.330 e. The van der Waals surface area contributed by atoms with Crippen LogP contribution in [0.25, 0.3) is 0 Å². The molecule has 0 aliphatic heterocycles. The van der Waals surface area contributed by atoms with Crippen molar-refractivity contribution >= 4 is 0 Å². The monoisotopic (exact) mass is 494 g/mol. The molecule has 0 heterocycles. The fourth-order valence-electron chi connectivity index (χ4n) is 6.81. The molecular formula is C34H71N. The van der Waals surface area contributed by atoms with Gasteiger partial charge in [-0.05, 0) is 36.6 Å². The molecule has 0 amide bonds. The van der Waals surface area contributed by atoms with Crippen molar-refractivity contribution in [1.29, 1.82) is 0 Å². The fraction of sp³-hybridized carbons (Fsp3) is 1.00. The van der Waals surface area contributed by atoms with E-state index in [1.807, 2.05) is 0 Å². The lowest BCUT2D eigenvalue weighted by atomic mass is 9.86. The summed E-state index contributed by atoms with van der Waals surface area (Å²) in [6.07, 6.45) is 36.8. The highest BCUT2D eigenvalue weighted by molar-refractivity contribution is 4.67. The Bertz CT molecular complexity index is 379. The highest BCUT2D eigenvalue weighted by Gasteiger charge is 2.13. The molecule has 0 aromatic carbocycles. The third-order valence-electron chi connectivity index (χ3n) is 9.21. The number of hydrogen-bond acceptors (Lipinski definition) is 1. The molecule has 0 unspecified atom stereocenters. The molecule has 35 heavy (non-hydrogen) atoms. The smallest absolute Gasteiger partial charge is 0.00746 e. The molecule has 0 atom stereocenters. The first-order valence-corrected chi connectivity index (χ1v) is 16.4. The summed E-state index contributed by atoms with van der Waals surface area (Å²) < 4.78 is 0. The third kappa shape index (κ3) is 19.7. The van der Waals surface area contributed by atoms with E-state index in [9.17, 15) is 0 Å². The van der Waals surface area contributed by atoms with Crippen molar-refractivity contribution in [3.8, 4) is 0 Å². The van der Waals surface area contributed by atoms with Gasteiger partial charge in [-0.3, -0.25) is 0 Å². The first kappa shape index (κ1) is 35.0. The van der Waals surface area contributed by atoms with Crippen LogP contribution in [0, 0.1) is 23.7 Å². The van der Waals surface area contributed by atoms with Gasteiger partial charge in [0.15, 0.2) is 0 Å². The summed E-state index contributed by atoms with van der Waals surface area (Å²) in [4.78, 5) is 0. The summed E-state index contributed by atoms with van der Waals surface area (Å²) in [5.41, 5.74) is 5.41. The Balaban J connectivity index is 0.000000439. The maximum Gasteiger partial charge on any atom is -0.00746 e. The van der Waals surface area contributed by atoms with Gasteiger partial charge in [-0.2, -0.15) is 0 Å². The second-order valence-corrected chi connectivity index (χ2v) is 12.2. The van der Waals surface area contributed by atoms with E-state index in [0.29, 0.717) is 0 Å². The highest BCUT2D eigenvalue weighted by Crippen LogP contribution is 2.29. The van der Waals surface area contributed by atoms with Crippen LogP contribution in [-0.2, 0) is 0 Å². The average molecular weight is 494 g/mol. The van der Waals surface area contributed by atoms with Crippen LogP contribution >= 0.6 is 0 Å². The molecule has 0 saturated heterocycles. The Morgan fingerprint density at radius 2 is 0.829 bits per heavy atom. The van der Waals surface area contributed by atoms with Gasteiger partial charge in [0.25, 0.3) is 0 Å². The molecule has 2 N–H and O–H groups in total. The van der Waals surface area contributed by atoms with Crippen molar-refractivity contribution in [3.63, 3.8) is 0 Å². The fourth-order valence-corrected chi connectivity index (χ4v) is 6.81. The predicted molar refractivity (Wildman–Crippen MR) is 162 cm³/mol. The zero-order valence-electron chi connectivity index (χ0n) is 24.3. The van der Waals surface area contributed by atoms with Gasteiger partial charge in [0.05, 0.1) is 0 Å². The lowest BCUT2D eigenvalue weighted by Gasteiger charge is -2.20. The molecule has 4 rings (SSSR count). The summed E-state index contributed by atoms with van der Waals surface area (Å²) in [7, 11) is 0. The Kier molecular flexibility index (Phi) is 25.6. The molecule has 1 nitrogen and oxygen atoms in total. The predicted octanol–water partition coefficient (Wildman–Crippen LogP) is 11.9. The van der Waals surface area contributed by atoms with E-state index in [-0.39, 0.29) is 7.43 Å². The van der Waals surface area contributed by atoms with Crippen molar-refractivity contribution in [2.24, 2.45) is 29.4 Å². The SMILES string of the molecule is C.CCC1CCCC1.CCCC1CCCCC1.CCCCC1CCCCC1.NCCC1CCCC1. The van der Waals surface area contributed by atoms with Crippen molar-refractivity contribution in [2.45, 2.75) is 189 Å². The Morgan fingerprint density at radius 1 is 0.457 bits per heavy atom. The minimum atomic E-state index is 0. The maximum absolute atomic E-state index is 5.41. The van der Waals surface area contributed by atoms with Crippen LogP contribution < -0.4 is 5.73 Å². The van der Waals surface area contributed by atoms with Gasteiger partial charge in [-0.15, -0.1) is 0 Å². The number of rotatable bonds is 8. The quantitative estimate of drug-likeness (QED) is 0.357. The highest BCUT2D eigenvalue weighted by atomic mass is 14.5. The summed E-state index contributed by atoms with van der Waals surface area (Å²) in [5.74, 6) is 4.29. The molecule has 4 saturated carbocycles. The summed E-state index contributed by atoms with van der Waals surface area (Å²) in [6, 6.07) is 0. The molecule has 0 aromatic heterocycles. The van der Waals surface area contributed by atoms with Crippen LogP contribution in [-0.4, -0.2) is 6.54 Å². The van der Waals surface area contributed by atoms with Crippen molar-refractivity contribution in [2.75, 3.05) is 6.54 Å². The lowest BCUT2D eigenvalue weighted by molar-refractivity contribution is 0.331. The van der Waals surface area contributed by atoms with Gasteiger partial charge in [0.1, 0.15) is 0 Å². The van der Waals surface area contributed by atoms with Gasteiger partial charge in [-0.1, -0.05) is 182 Å². The standard InChI is InChI=1S/C10H20.C9H18.C7H15N.C7H14.CH4/c1-2-3-7-10-8-5-4-6-9-10;1-2-6-9-7-4-3-5-8-9;8-6-5-7-3-1-2-4-7;1-2-7-5-3-4-6-7;/h10H,2-9H2,1H3;9H,2-8H2,1H3;7H,1-6,8H2;7H,2-6H2,1H3;1H4. The van der Waals surface area contributed by atoms with E-state index >= 15 is 0 Å². The van der Waals surface area contributed by atoms with Crippen molar-refractivity contribution in [3.05, 3.63) is 0 Å². The van der Waals surface area contributed by atoms with Crippen LogP contribution in [0.15, 0.2) is 0 Å². The molecule has 0 aromatic rings. The Morgan fingerprint density at radius 3 is 1.17 bits per heavy atom. The first-order valence-electron chi connectivity index (χ1n) is 16.4. The molecule has 1 heteroatoms. The number of nitrogens with two attached hydrogens (primary N) is 1. The van der Waals surface area contributed by atoms with E-state index in [1.54, 1.807) is 0 Å². The van der Waals surface area contributed by atoms with E-state index in [2.05, 4.69) is 20.8 Å². The average Bonchev–Trinajstić information content (AvgIpc) is 3.60. The maximum atomic E-state index is 5.41. The Hall–Kier alpha value is -0.0400. The third-order valence-corrected chi connectivity index (χ3v) is 9.21. The van der Waals surface area contributed by atoms with Gasteiger partial charge in [-0.25, -0.2) is 0 Å². The van der Waals surface area contributed by atoms with Crippen molar-refractivity contribution < 1.29 is 0 Å². The molecule has 4 aliphatic carbocycles. The van der Waals surface area contributed by atoms with Crippen LogP contribution in [0.5, 0.6) is 0 Å². The molecule has 4 aliphatic rings. The summed E-state index contributed by atoms with van der Waals surface area (Å²) in [6.45, 7) is 7.79. The number of unbranched alkanes of at least 4 members (excludes halogenated alkanes) is 1. The summed E-state index contributed by atoms with van der Waals surface area (Å²) >= 11 is 0. The van der Waals surface area contributed by atoms with Gasteiger partial charge in [0.2, 0.25) is 0 Å². The van der Waals surface area contributed by atoms with E-state index in [1.165, 1.54) is 161 Å². The van der Waals surface area contributed by atoms with Crippen LogP contribution in [0.1, 0.15) is 189 Å². The topological polar surface area (TPSA) is 26.0 Å². The molecule has 4 fully saturated rings. The van der Waals surface area contributed by atoms with Crippen LogP contribution in [0.2, 0.25) is 0 Å². The number of hydrogen-bond donors (Lipinski definition) is 1. The van der Waals surface area contributed by atoms with Gasteiger partial charge >= 0.3 is 0 Å².